The Labute approximate surface area is 184 Å². The molecule has 2 aromatic heterocycles. The predicted octanol–water partition coefficient (Wildman–Crippen LogP) is 4.65. The van der Waals surface area contributed by atoms with Crippen molar-refractivity contribution < 1.29 is 18.6 Å². The molecule has 0 aliphatic carbocycles. The van der Waals surface area contributed by atoms with Crippen LogP contribution < -0.4 is 19.6 Å². The molecule has 1 aliphatic rings. The number of methoxy groups -OCH3 is 1. The van der Waals surface area contributed by atoms with Crippen LogP contribution in [0.4, 0.5) is 0 Å². The fraction of sp³-hybridized carbons (Fsp3) is 0.200. The zero-order valence-corrected chi connectivity index (χ0v) is 17.8. The van der Waals surface area contributed by atoms with Gasteiger partial charge in [-0.25, -0.2) is 0 Å². The lowest BCUT2D eigenvalue weighted by molar-refractivity contribution is 0.0889. The number of hydrogen-bond acceptors (Lipinski definition) is 7. The summed E-state index contributed by atoms with van der Waals surface area (Å²) < 4.78 is 23.2. The Morgan fingerprint density at radius 3 is 2.81 bits per heavy atom. The minimum atomic E-state index is -0.223. The van der Waals surface area contributed by atoms with E-state index in [1.54, 1.807) is 44.5 Å². The van der Waals surface area contributed by atoms with Crippen LogP contribution >= 0.6 is 0 Å². The van der Waals surface area contributed by atoms with E-state index in [9.17, 15) is 4.79 Å². The highest BCUT2D eigenvalue weighted by Gasteiger charge is 2.24. The molecule has 0 N–H and O–H groups in total. The summed E-state index contributed by atoms with van der Waals surface area (Å²) in [7, 11) is 1.58. The zero-order chi connectivity index (χ0) is 22.1. The second-order valence-electron chi connectivity index (χ2n) is 7.64. The normalized spacial score (nSPS) is 13.4. The highest BCUT2D eigenvalue weighted by atomic mass is 16.5. The maximum Gasteiger partial charge on any atom is 0.235 e. The van der Waals surface area contributed by atoms with Crippen molar-refractivity contribution in [3.63, 3.8) is 0 Å². The van der Waals surface area contributed by atoms with Gasteiger partial charge >= 0.3 is 0 Å². The van der Waals surface area contributed by atoms with E-state index < -0.39 is 0 Å². The summed E-state index contributed by atoms with van der Waals surface area (Å²) in [6.45, 7) is 3.46. The Balaban J connectivity index is 1.50. The molecule has 0 atom stereocenters. The summed E-state index contributed by atoms with van der Waals surface area (Å²) in [5.41, 5.74) is 2.25. The Morgan fingerprint density at radius 1 is 1.12 bits per heavy atom. The third kappa shape index (κ3) is 3.78. The molecule has 5 rings (SSSR count). The molecule has 0 fully saturated rings. The van der Waals surface area contributed by atoms with Crippen molar-refractivity contribution in [2.24, 2.45) is 0 Å². The summed E-state index contributed by atoms with van der Waals surface area (Å²) >= 11 is 0. The highest BCUT2D eigenvalue weighted by Crippen LogP contribution is 2.35. The van der Waals surface area contributed by atoms with Gasteiger partial charge in [0, 0.05) is 31.5 Å². The van der Waals surface area contributed by atoms with E-state index in [-0.39, 0.29) is 11.2 Å². The van der Waals surface area contributed by atoms with Gasteiger partial charge in [0.1, 0.15) is 35.3 Å². The molecule has 2 aromatic carbocycles. The van der Waals surface area contributed by atoms with Crippen molar-refractivity contribution in [1.82, 2.24) is 9.88 Å². The van der Waals surface area contributed by atoms with E-state index in [0.29, 0.717) is 48.0 Å². The smallest absolute Gasteiger partial charge is 0.235 e. The van der Waals surface area contributed by atoms with Crippen LogP contribution in [0.5, 0.6) is 23.0 Å². The van der Waals surface area contributed by atoms with Gasteiger partial charge in [-0.1, -0.05) is 12.1 Å². The SMILES string of the molecule is COc1cccc(Oc2c(C)oc3c4c(ccc3c2=O)OCN(Cc2cccnc2)C4)c1. The Kier molecular flexibility index (Phi) is 5.25. The van der Waals surface area contributed by atoms with Crippen molar-refractivity contribution >= 4 is 11.0 Å². The maximum atomic E-state index is 13.3. The number of nitrogens with zero attached hydrogens (tertiary/aromatic N) is 2. The first kappa shape index (κ1) is 20.1. The first-order valence-corrected chi connectivity index (χ1v) is 10.3. The largest absolute Gasteiger partial charge is 0.497 e. The van der Waals surface area contributed by atoms with E-state index in [1.165, 1.54) is 0 Å². The number of fused-ring (bicyclic) bond motifs is 3. The quantitative estimate of drug-likeness (QED) is 0.456. The maximum absolute atomic E-state index is 13.3. The number of pyridine rings is 1. The van der Waals surface area contributed by atoms with Gasteiger partial charge in [-0.3, -0.25) is 14.7 Å². The third-order valence-corrected chi connectivity index (χ3v) is 5.42. The molecule has 32 heavy (non-hydrogen) atoms. The van der Waals surface area contributed by atoms with Crippen LogP contribution in [0.2, 0.25) is 0 Å². The van der Waals surface area contributed by atoms with Gasteiger partial charge in [0.15, 0.2) is 0 Å². The number of hydrogen-bond donors (Lipinski definition) is 0. The molecular weight excluding hydrogens is 408 g/mol. The number of aromatic nitrogens is 1. The average molecular weight is 430 g/mol. The van der Waals surface area contributed by atoms with Gasteiger partial charge in [-0.15, -0.1) is 0 Å². The Bertz CT molecular complexity index is 1330. The van der Waals surface area contributed by atoms with Crippen LogP contribution in [0, 0.1) is 6.92 Å². The summed E-state index contributed by atoms with van der Waals surface area (Å²) in [5.74, 6) is 2.44. The fourth-order valence-electron chi connectivity index (χ4n) is 3.85. The first-order valence-electron chi connectivity index (χ1n) is 10.3. The van der Waals surface area contributed by atoms with E-state index >= 15 is 0 Å². The van der Waals surface area contributed by atoms with Crippen LogP contribution in [0.3, 0.4) is 0 Å². The minimum Gasteiger partial charge on any atom is -0.497 e. The molecule has 0 radical (unpaired) electrons. The second-order valence-corrected chi connectivity index (χ2v) is 7.64. The van der Waals surface area contributed by atoms with E-state index in [4.69, 9.17) is 18.6 Å². The monoisotopic (exact) mass is 430 g/mol. The molecule has 0 saturated heterocycles. The summed E-state index contributed by atoms with van der Waals surface area (Å²) in [4.78, 5) is 19.6. The third-order valence-electron chi connectivity index (χ3n) is 5.42. The number of aryl methyl sites for hydroxylation is 1. The molecule has 4 aromatic rings. The molecule has 0 unspecified atom stereocenters. The van der Waals surface area contributed by atoms with E-state index in [2.05, 4.69) is 9.88 Å². The van der Waals surface area contributed by atoms with Gasteiger partial charge in [0.2, 0.25) is 11.2 Å². The van der Waals surface area contributed by atoms with Gasteiger partial charge in [-0.05, 0) is 42.8 Å². The van der Waals surface area contributed by atoms with Gasteiger partial charge < -0.3 is 18.6 Å². The summed E-state index contributed by atoms with van der Waals surface area (Å²) in [5, 5.41) is 0.457. The second kappa shape index (κ2) is 8.36. The molecule has 0 bridgehead atoms. The van der Waals surface area contributed by atoms with Gasteiger partial charge in [0.05, 0.1) is 18.1 Å². The Hall–Kier alpha value is -3.84. The minimum absolute atomic E-state index is 0.162. The number of rotatable bonds is 5. The van der Waals surface area contributed by atoms with E-state index in [0.717, 1.165) is 16.9 Å². The lowest BCUT2D eigenvalue weighted by Gasteiger charge is -2.29. The molecule has 0 saturated carbocycles. The molecule has 3 heterocycles. The van der Waals surface area contributed by atoms with Gasteiger partial charge in [0.25, 0.3) is 0 Å². The summed E-state index contributed by atoms with van der Waals surface area (Å²) in [6.07, 6.45) is 3.59. The highest BCUT2D eigenvalue weighted by molar-refractivity contribution is 5.83. The molecule has 162 valence electrons. The van der Waals surface area contributed by atoms with Crippen molar-refractivity contribution in [2.75, 3.05) is 13.8 Å². The lowest BCUT2D eigenvalue weighted by atomic mass is 10.1. The van der Waals surface area contributed by atoms with Crippen molar-refractivity contribution in [2.45, 2.75) is 20.0 Å². The molecule has 7 heteroatoms. The van der Waals surface area contributed by atoms with Gasteiger partial charge in [-0.2, -0.15) is 0 Å². The summed E-state index contributed by atoms with van der Waals surface area (Å²) in [6, 6.07) is 14.6. The number of ether oxygens (including phenoxy) is 3. The van der Waals surface area contributed by atoms with Crippen LogP contribution in [-0.4, -0.2) is 23.7 Å². The van der Waals surface area contributed by atoms with Crippen molar-refractivity contribution in [1.29, 1.82) is 0 Å². The molecule has 0 spiro atoms. The fourth-order valence-corrected chi connectivity index (χ4v) is 3.85. The predicted molar refractivity (Wildman–Crippen MR) is 119 cm³/mol. The number of benzene rings is 2. The first-order chi connectivity index (χ1) is 15.6. The molecule has 0 amide bonds. The lowest BCUT2D eigenvalue weighted by Crippen LogP contribution is -2.31. The Morgan fingerprint density at radius 2 is 2.00 bits per heavy atom. The van der Waals surface area contributed by atoms with Crippen LogP contribution in [0.15, 0.2) is 70.1 Å². The zero-order valence-electron chi connectivity index (χ0n) is 17.8. The molecule has 7 nitrogen and oxygen atoms in total. The van der Waals surface area contributed by atoms with Crippen LogP contribution in [0.25, 0.3) is 11.0 Å². The van der Waals surface area contributed by atoms with Crippen LogP contribution in [-0.2, 0) is 13.1 Å². The standard InChI is InChI=1S/C25H22N2O5/c1-16-24(32-19-7-3-6-18(11-19)29-2)23(28)20-8-9-22-21(25(20)31-16)14-27(15-30-22)13-17-5-4-10-26-12-17/h3-12H,13-15H2,1-2H3. The topological polar surface area (TPSA) is 74.0 Å². The molecular formula is C25H22N2O5. The van der Waals surface area contributed by atoms with E-state index in [1.807, 2.05) is 30.5 Å². The van der Waals surface area contributed by atoms with Crippen molar-refractivity contribution in [3.05, 3.63) is 88.0 Å². The van der Waals surface area contributed by atoms with Crippen molar-refractivity contribution in [3.8, 4) is 23.0 Å². The molecule has 1 aliphatic heterocycles. The van der Waals surface area contributed by atoms with Crippen LogP contribution in [0.1, 0.15) is 16.9 Å². The average Bonchev–Trinajstić information content (AvgIpc) is 2.82.